The average Bonchev–Trinajstić information content (AvgIpc) is 2.99. The number of allylic oxidation sites excluding steroid dienone is 1. The molecule has 0 saturated heterocycles. The van der Waals surface area contributed by atoms with Gasteiger partial charge in [0.25, 0.3) is 0 Å². The van der Waals surface area contributed by atoms with Gasteiger partial charge in [0.1, 0.15) is 7.60 Å². The van der Waals surface area contributed by atoms with Crippen LogP contribution in [0.1, 0.15) is 75.5 Å². The van der Waals surface area contributed by atoms with Crippen molar-refractivity contribution < 1.29 is 28.4 Å². The summed E-state index contributed by atoms with van der Waals surface area (Å²) in [5, 5.41) is 5.97. The van der Waals surface area contributed by atoms with Crippen LogP contribution in [0.25, 0.3) is 11.6 Å². The number of rotatable bonds is 18. The van der Waals surface area contributed by atoms with Gasteiger partial charge < -0.3 is 29.5 Å². The second kappa shape index (κ2) is 19.2. The number of nitrogens with one attached hydrogen (secondary N) is 2. The minimum absolute atomic E-state index is 0.00695. The van der Waals surface area contributed by atoms with Gasteiger partial charge in [-0.1, -0.05) is 89.9 Å². The third kappa shape index (κ3) is 13.8. The highest BCUT2D eigenvalue weighted by molar-refractivity contribution is 8.76. The molecule has 1 heterocycles. The number of hydrogen-bond donors (Lipinski definition) is 2. The molecule has 1 aliphatic rings. The van der Waals surface area contributed by atoms with Crippen LogP contribution in [0, 0.1) is 0 Å². The van der Waals surface area contributed by atoms with E-state index in [2.05, 4.69) is 29.7 Å². The average molecular weight is 675 g/mol. The highest BCUT2D eigenvalue weighted by atomic mass is 33.1. The van der Waals surface area contributed by atoms with Gasteiger partial charge in [-0.3, -0.25) is 14.4 Å². The van der Waals surface area contributed by atoms with Crippen molar-refractivity contribution in [2.45, 2.75) is 70.6 Å². The number of hydrogen-bond acceptors (Lipinski definition) is 8. The van der Waals surface area contributed by atoms with Crippen LogP contribution in [-0.4, -0.2) is 55.1 Å². The van der Waals surface area contributed by atoms with E-state index in [1.165, 1.54) is 0 Å². The van der Waals surface area contributed by atoms with E-state index < -0.39 is 7.60 Å². The van der Waals surface area contributed by atoms with Crippen LogP contribution in [0.15, 0.2) is 48.5 Å². The van der Waals surface area contributed by atoms with Crippen molar-refractivity contribution in [2.24, 2.45) is 0 Å². The van der Waals surface area contributed by atoms with Crippen LogP contribution in [0.4, 0.5) is 5.69 Å². The number of amides is 3. The zero-order chi connectivity index (χ0) is 32.7. The minimum Gasteiger partial charge on any atom is -0.779 e. The van der Waals surface area contributed by atoms with E-state index in [-0.39, 0.29) is 42.4 Å². The van der Waals surface area contributed by atoms with Crippen molar-refractivity contribution in [3.05, 3.63) is 65.2 Å². The Hall–Kier alpha value is -2.56. The van der Waals surface area contributed by atoms with Crippen LogP contribution in [-0.2, 0) is 30.0 Å². The summed E-state index contributed by atoms with van der Waals surface area (Å²) >= 11 is 0. The van der Waals surface area contributed by atoms with E-state index in [4.69, 9.17) is 4.52 Å². The fourth-order valence-electron chi connectivity index (χ4n) is 4.90. The molecular formula is C33H45N3O6PS2-. The van der Waals surface area contributed by atoms with Crippen molar-refractivity contribution in [1.82, 2.24) is 10.6 Å². The number of benzene rings is 2. The molecule has 0 radical (unpaired) electrons. The monoisotopic (exact) mass is 674 g/mol. The molecule has 0 spiro atoms. The summed E-state index contributed by atoms with van der Waals surface area (Å²) in [5.74, 6) is 0.467. The van der Waals surface area contributed by atoms with E-state index in [1.54, 1.807) is 26.5 Å². The fourth-order valence-corrected chi connectivity index (χ4v) is 7.53. The summed E-state index contributed by atoms with van der Waals surface area (Å²) in [5.41, 5.74) is 5.12. The van der Waals surface area contributed by atoms with E-state index in [0.29, 0.717) is 38.2 Å². The Labute approximate surface area is 275 Å². The third-order valence-electron chi connectivity index (χ3n) is 7.17. The Morgan fingerprint density at radius 3 is 2.49 bits per heavy atom. The van der Waals surface area contributed by atoms with Crippen molar-refractivity contribution in [3.63, 3.8) is 0 Å². The summed E-state index contributed by atoms with van der Waals surface area (Å²) in [4.78, 5) is 50.9. The molecule has 2 aromatic carbocycles. The molecule has 0 bridgehead atoms. The summed E-state index contributed by atoms with van der Waals surface area (Å²) < 4.78 is 15.7. The van der Waals surface area contributed by atoms with Gasteiger partial charge in [-0.2, -0.15) is 0 Å². The molecule has 0 aliphatic carbocycles. The Kier molecular flexibility index (Phi) is 15.7. The number of carbonyl (C=O) groups is 3. The van der Waals surface area contributed by atoms with Gasteiger partial charge in [-0.05, 0) is 42.5 Å². The van der Waals surface area contributed by atoms with Crippen molar-refractivity contribution >= 4 is 64.2 Å². The van der Waals surface area contributed by atoms with Gasteiger partial charge in [-0.15, -0.1) is 0 Å². The fraction of sp³-hybridized carbons (Fsp3) is 0.485. The molecular weight excluding hydrogens is 629 g/mol. The molecule has 2 N–H and O–H groups in total. The van der Waals surface area contributed by atoms with Crippen LogP contribution in [0.5, 0.6) is 0 Å². The predicted octanol–water partition coefficient (Wildman–Crippen LogP) is 6.03. The van der Waals surface area contributed by atoms with E-state index in [9.17, 15) is 23.8 Å². The van der Waals surface area contributed by atoms with Crippen molar-refractivity contribution in [3.8, 4) is 0 Å². The molecule has 0 saturated carbocycles. The van der Waals surface area contributed by atoms with Crippen LogP contribution in [0.2, 0.25) is 0 Å². The molecule has 2 atom stereocenters. The minimum atomic E-state index is -3.64. The number of fused-ring (bicyclic) bond motifs is 2. The Balaban J connectivity index is 1.29. The number of unbranched alkanes of at least 4 members (excludes halogenated alkanes) is 3. The lowest BCUT2D eigenvalue weighted by molar-refractivity contribution is -0.196. The highest BCUT2D eigenvalue weighted by Gasteiger charge is 2.23. The second-order valence-electron chi connectivity index (χ2n) is 11.2. The quantitative estimate of drug-likeness (QED) is 0.112. The van der Waals surface area contributed by atoms with E-state index in [1.807, 2.05) is 49.4 Å². The number of para-hydroxylation sites is 1. The van der Waals surface area contributed by atoms with Gasteiger partial charge >= 0.3 is 0 Å². The second-order valence-corrected chi connectivity index (χ2v) is 15.9. The van der Waals surface area contributed by atoms with Crippen LogP contribution in [0.3, 0.4) is 0 Å². The maximum absolute atomic E-state index is 13.4. The van der Waals surface area contributed by atoms with Crippen molar-refractivity contribution in [1.29, 1.82) is 0 Å². The molecule has 0 aromatic heterocycles. The Bertz CT molecular complexity index is 1370. The number of anilines is 1. The van der Waals surface area contributed by atoms with E-state index >= 15 is 0 Å². The molecule has 12 heteroatoms. The maximum Gasteiger partial charge on any atom is 0.227 e. The highest BCUT2D eigenvalue weighted by Crippen LogP contribution is 2.34. The molecule has 2 unspecified atom stereocenters. The first-order valence-corrected chi connectivity index (χ1v) is 19.8. The molecule has 0 fully saturated rings. The maximum atomic E-state index is 13.4. The molecule has 1 aliphatic heterocycles. The Morgan fingerprint density at radius 2 is 1.69 bits per heavy atom. The van der Waals surface area contributed by atoms with Gasteiger partial charge in [0.15, 0.2) is 0 Å². The standard InChI is InChI=1S/C33H46N3O6PS2/c1-25-22-27-12-6-7-13-28(27)24-36(30-15-9-8-14-29(25)30)33(39)17-16-31(37)35-19-21-44-45-26(2)23-32(38)34-18-10-4-5-11-20-42-43(3,40)41/h6-9,12-15,22,26H,4-5,10-11,16-21,23-24H2,1-3H3,(H,34,38)(H,35,37)(H,40,41)/p-1/b25-22-. The summed E-state index contributed by atoms with van der Waals surface area (Å²) in [6.45, 7) is 6.87. The molecule has 9 nitrogen and oxygen atoms in total. The van der Waals surface area contributed by atoms with Crippen LogP contribution < -0.4 is 20.4 Å². The normalized spacial score (nSPS) is 15.7. The largest absolute Gasteiger partial charge is 0.779 e. The third-order valence-corrected chi connectivity index (χ3v) is 10.7. The summed E-state index contributed by atoms with van der Waals surface area (Å²) in [6, 6.07) is 16.0. The topological polar surface area (TPSA) is 128 Å². The predicted molar refractivity (Wildman–Crippen MR) is 185 cm³/mol. The zero-order valence-electron chi connectivity index (χ0n) is 26.4. The first-order valence-electron chi connectivity index (χ1n) is 15.4. The van der Waals surface area contributed by atoms with Crippen LogP contribution >= 0.6 is 29.2 Å². The summed E-state index contributed by atoms with van der Waals surface area (Å²) in [6.07, 6.45) is 6.08. The van der Waals surface area contributed by atoms with Gasteiger partial charge in [0.2, 0.25) is 17.7 Å². The molecule has 45 heavy (non-hydrogen) atoms. The summed E-state index contributed by atoms with van der Waals surface area (Å²) in [7, 11) is -0.416. The zero-order valence-corrected chi connectivity index (χ0v) is 28.9. The first-order chi connectivity index (χ1) is 21.5. The molecule has 3 amide bonds. The van der Waals surface area contributed by atoms with E-state index in [0.717, 1.165) is 53.9 Å². The lowest BCUT2D eigenvalue weighted by atomic mass is 9.96. The number of carbonyl (C=O) groups excluding carboxylic acids is 3. The van der Waals surface area contributed by atoms with Gasteiger partial charge in [0, 0.05) is 55.6 Å². The smallest absolute Gasteiger partial charge is 0.227 e. The van der Waals surface area contributed by atoms with Crippen molar-refractivity contribution in [2.75, 3.05) is 37.0 Å². The number of nitrogens with zero attached hydrogens (tertiary/aromatic N) is 1. The Morgan fingerprint density at radius 1 is 0.978 bits per heavy atom. The molecule has 246 valence electrons. The molecule has 3 rings (SSSR count). The lowest BCUT2D eigenvalue weighted by Gasteiger charge is -2.28. The first kappa shape index (κ1) is 36.9. The van der Waals surface area contributed by atoms with Gasteiger partial charge in [0.05, 0.1) is 18.8 Å². The molecule has 2 aromatic rings. The SMILES string of the molecule is C/C1=C/c2ccccc2CN(C(=O)CCC(=O)NCCSSC(C)CC(=O)NCCCCCCOP(C)(=O)[O-])c2ccccc21. The van der Waals surface area contributed by atoms with Gasteiger partial charge in [-0.25, -0.2) is 0 Å². The lowest BCUT2D eigenvalue weighted by Crippen LogP contribution is -2.33.